The van der Waals surface area contributed by atoms with Gasteiger partial charge in [0, 0.05) is 42.4 Å². The summed E-state index contributed by atoms with van der Waals surface area (Å²) in [7, 11) is 0. The zero-order valence-corrected chi connectivity index (χ0v) is 25.0. The molecule has 1 amide bonds. The molecule has 2 saturated heterocycles. The van der Waals surface area contributed by atoms with E-state index in [9.17, 15) is 24.5 Å². The monoisotopic (exact) mass is 629 g/mol. The van der Waals surface area contributed by atoms with Crippen LogP contribution < -0.4 is 4.90 Å². The summed E-state index contributed by atoms with van der Waals surface area (Å²) in [5.41, 5.74) is 2.65. The number of halogens is 1. The highest BCUT2D eigenvalue weighted by Crippen LogP contribution is 2.45. The Morgan fingerprint density at radius 1 is 1.02 bits per heavy atom. The third kappa shape index (κ3) is 5.84. The summed E-state index contributed by atoms with van der Waals surface area (Å²) >= 11 is 0. The Hall–Kier alpha value is -4.36. The SMILES string of the molecule is O=C([C@@H]1C[C@@H]2COC(c3ccccc3)O[C@@H]2[C@H](n2cc(-c3cccc(F)c3)nn2)[C@H]1O)N1CCN(c2ccc(O)cc2)C(CO)C1. The van der Waals surface area contributed by atoms with Crippen molar-refractivity contribution in [3.63, 3.8) is 0 Å². The van der Waals surface area contributed by atoms with Gasteiger partial charge in [-0.3, -0.25) is 4.79 Å². The molecule has 240 valence electrons. The van der Waals surface area contributed by atoms with Crippen molar-refractivity contribution in [2.45, 2.75) is 37.0 Å². The van der Waals surface area contributed by atoms with Gasteiger partial charge in [-0.15, -0.1) is 5.10 Å². The maximum atomic E-state index is 14.2. The van der Waals surface area contributed by atoms with E-state index < -0.39 is 36.3 Å². The Morgan fingerprint density at radius 2 is 1.83 bits per heavy atom. The van der Waals surface area contributed by atoms with E-state index in [2.05, 4.69) is 10.3 Å². The summed E-state index contributed by atoms with van der Waals surface area (Å²) < 4.78 is 28.2. The fourth-order valence-corrected chi connectivity index (χ4v) is 7.03. The summed E-state index contributed by atoms with van der Waals surface area (Å²) in [5, 5.41) is 40.6. The number of aromatic nitrogens is 3. The van der Waals surface area contributed by atoms with Crippen LogP contribution in [-0.4, -0.2) is 92.2 Å². The van der Waals surface area contributed by atoms with Crippen molar-refractivity contribution in [3.8, 4) is 17.0 Å². The summed E-state index contributed by atoms with van der Waals surface area (Å²) in [6, 6.07) is 21.2. The molecule has 0 spiro atoms. The summed E-state index contributed by atoms with van der Waals surface area (Å²) in [4.78, 5) is 17.9. The second-order valence-corrected chi connectivity index (χ2v) is 12.2. The molecule has 1 aliphatic carbocycles. The lowest BCUT2D eigenvalue weighted by Crippen LogP contribution is -2.61. The smallest absolute Gasteiger partial charge is 0.228 e. The standard InChI is InChI=1S/C34H36FN5O6/c35-24-8-4-7-22(15-24)29-18-40(37-36-29)30-31(43)28(16-23-20-45-34(46-32(23)30)21-5-2-1-3-6-21)33(44)38-13-14-39(26(17-38)19-41)25-9-11-27(42)12-10-25/h1-12,15,18,23,26,28,30-32,34,41-43H,13-14,16-17,19-20H2/t23-,26?,28-,30-,31+,32+,34?/m1/s1. The lowest BCUT2D eigenvalue weighted by Gasteiger charge is -2.49. The number of fused-ring (bicyclic) bond motifs is 1. The summed E-state index contributed by atoms with van der Waals surface area (Å²) in [5.74, 6) is -1.47. The number of carbonyl (C=O) groups excluding carboxylic acids is 1. The molecule has 11 nitrogen and oxygen atoms in total. The van der Waals surface area contributed by atoms with Gasteiger partial charge in [-0.25, -0.2) is 9.07 Å². The molecular formula is C34H36FN5O6. The van der Waals surface area contributed by atoms with Crippen LogP contribution in [0.4, 0.5) is 10.1 Å². The van der Waals surface area contributed by atoms with E-state index >= 15 is 0 Å². The fourth-order valence-electron chi connectivity index (χ4n) is 7.03. The van der Waals surface area contributed by atoms with Crippen molar-refractivity contribution in [3.05, 3.63) is 96.4 Å². The van der Waals surface area contributed by atoms with Crippen LogP contribution in [0.25, 0.3) is 11.3 Å². The Labute approximate surface area is 265 Å². The molecular weight excluding hydrogens is 593 g/mol. The van der Waals surface area contributed by atoms with E-state index in [1.54, 1.807) is 47.5 Å². The molecule has 1 aromatic heterocycles. The predicted octanol–water partition coefficient (Wildman–Crippen LogP) is 3.15. The third-order valence-corrected chi connectivity index (χ3v) is 9.37. The molecule has 2 unspecified atom stereocenters. The van der Waals surface area contributed by atoms with E-state index in [4.69, 9.17) is 9.47 Å². The van der Waals surface area contributed by atoms with E-state index in [1.165, 1.54) is 16.8 Å². The van der Waals surface area contributed by atoms with Gasteiger partial charge in [-0.2, -0.15) is 0 Å². The van der Waals surface area contributed by atoms with Crippen molar-refractivity contribution >= 4 is 11.6 Å². The molecule has 2 aliphatic heterocycles. The Bertz CT molecular complexity index is 1660. The first-order valence-electron chi connectivity index (χ1n) is 15.5. The second kappa shape index (κ2) is 12.8. The van der Waals surface area contributed by atoms with Crippen molar-refractivity contribution in [1.29, 1.82) is 0 Å². The molecule has 12 heteroatoms. The molecule has 0 bridgehead atoms. The van der Waals surface area contributed by atoms with Gasteiger partial charge < -0.3 is 34.6 Å². The van der Waals surface area contributed by atoms with Crippen LogP contribution in [0, 0.1) is 17.7 Å². The highest BCUT2D eigenvalue weighted by molar-refractivity contribution is 5.80. The largest absolute Gasteiger partial charge is 0.508 e. The number of benzene rings is 3. The number of nitrogens with zero attached hydrogens (tertiary/aromatic N) is 5. The van der Waals surface area contributed by atoms with Gasteiger partial charge in [0.25, 0.3) is 0 Å². The number of carbonyl (C=O) groups is 1. The van der Waals surface area contributed by atoms with E-state index in [0.29, 0.717) is 37.4 Å². The van der Waals surface area contributed by atoms with Crippen LogP contribution in [0.2, 0.25) is 0 Å². The van der Waals surface area contributed by atoms with Gasteiger partial charge >= 0.3 is 0 Å². The number of rotatable bonds is 6. The Kier molecular flexibility index (Phi) is 8.43. The van der Waals surface area contributed by atoms with Gasteiger partial charge in [-0.1, -0.05) is 47.7 Å². The minimum atomic E-state index is -1.17. The van der Waals surface area contributed by atoms with Crippen LogP contribution in [0.3, 0.4) is 0 Å². The number of aliphatic hydroxyl groups excluding tert-OH is 2. The van der Waals surface area contributed by atoms with Crippen LogP contribution in [0.5, 0.6) is 5.75 Å². The number of anilines is 1. The predicted molar refractivity (Wildman–Crippen MR) is 165 cm³/mol. The second-order valence-electron chi connectivity index (χ2n) is 12.2. The van der Waals surface area contributed by atoms with Gasteiger partial charge in [-0.05, 0) is 42.8 Å². The van der Waals surface area contributed by atoms with Crippen LogP contribution in [0.15, 0.2) is 85.1 Å². The molecule has 7 atom stereocenters. The lowest BCUT2D eigenvalue weighted by atomic mass is 9.73. The molecule has 7 rings (SSSR count). The number of ether oxygens (including phenoxy) is 2. The normalized spacial score (nSPS) is 28.1. The van der Waals surface area contributed by atoms with Crippen molar-refractivity contribution in [1.82, 2.24) is 19.9 Å². The number of amides is 1. The average molecular weight is 630 g/mol. The topological polar surface area (TPSA) is 133 Å². The molecule has 3 aliphatic rings. The highest BCUT2D eigenvalue weighted by Gasteiger charge is 2.52. The number of hydrogen-bond acceptors (Lipinski definition) is 9. The number of phenolic OH excluding ortho intramolecular Hbond substituents is 1. The van der Waals surface area contributed by atoms with E-state index in [1.807, 2.05) is 35.2 Å². The Morgan fingerprint density at radius 3 is 2.59 bits per heavy atom. The zero-order valence-electron chi connectivity index (χ0n) is 25.0. The van der Waals surface area contributed by atoms with Gasteiger partial charge in [0.15, 0.2) is 6.29 Å². The number of aliphatic hydroxyl groups is 2. The summed E-state index contributed by atoms with van der Waals surface area (Å²) in [6.45, 7) is 1.29. The molecule has 1 saturated carbocycles. The molecule has 46 heavy (non-hydrogen) atoms. The zero-order chi connectivity index (χ0) is 31.8. The van der Waals surface area contributed by atoms with E-state index in [0.717, 1.165) is 11.3 Å². The van der Waals surface area contributed by atoms with Gasteiger partial charge in [0.05, 0.1) is 43.6 Å². The minimum Gasteiger partial charge on any atom is -0.508 e. The first kappa shape index (κ1) is 30.3. The highest BCUT2D eigenvalue weighted by atomic mass is 19.1. The van der Waals surface area contributed by atoms with E-state index in [-0.39, 0.29) is 36.8 Å². The van der Waals surface area contributed by atoms with Crippen molar-refractivity contribution in [2.75, 3.05) is 37.7 Å². The minimum absolute atomic E-state index is 0.151. The lowest BCUT2D eigenvalue weighted by molar-refractivity contribution is -0.274. The van der Waals surface area contributed by atoms with Crippen molar-refractivity contribution in [2.24, 2.45) is 11.8 Å². The van der Waals surface area contributed by atoms with Gasteiger partial charge in [0.1, 0.15) is 23.3 Å². The Balaban J connectivity index is 1.16. The molecule has 3 N–H and O–H groups in total. The summed E-state index contributed by atoms with van der Waals surface area (Å²) in [6.07, 6.45) is -0.379. The first-order valence-corrected chi connectivity index (χ1v) is 15.5. The molecule has 3 fully saturated rings. The average Bonchev–Trinajstić information content (AvgIpc) is 3.58. The van der Waals surface area contributed by atoms with Crippen LogP contribution in [0.1, 0.15) is 24.3 Å². The maximum absolute atomic E-state index is 14.2. The van der Waals surface area contributed by atoms with Crippen molar-refractivity contribution < 1.29 is 34.0 Å². The molecule has 3 aromatic carbocycles. The number of phenols is 1. The molecule has 4 aromatic rings. The van der Waals surface area contributed by atoms with Crippen LogP contribution >= 0.6 is 0 Å². The van der Waals surface area contributed by atoms with Gasteiger partial charge in [0.2, 0.25) is 5.91 Å². The fraction of sp³-hybridized carbons (Fsp3) is 0.382. The number of aromatic hydroxyl groups is 1. The first-order chi connectivity index (χ1) is 22.4. The quantitative estimate of drug-likeness (QED) is 0.294. The molecule has 3 heterocycles. The third-order valence-electron chi connectivity index (χ3n) is 9.37. The number of piperazine rings is 1. The molecule has 0 radical (unpaired) electrons. The number of hydrogen-bond donors (Lipinski definition) is 3. The van der Waals surface area contributed by atoms with Crippen LogP contribution in [-0.2, 0) is 14.3 Å². The maximum Gasteiger partial charge on any atom is 0.228 e.